The van der Waals surface area contributed by atoms with E-state index in [1.807, 2.05) is 6.20 Å². The van der Waals surface area contributed by atoms with Crippen LogP contribution in [0.3, 0.4) is 0 Å². The molecule has 1 aromatic rings. The number of hydrogen-bond donors (Lipinski definition) is 1. The first-order valence-corrected chi connectivity index (χ1v) is 6.59. The highest BCUT2D eigenvalue weighted by Crippen LogP contribution is 2.21. The molecule has 0 aromatic carbocycles. The second-order valence-electron chi connectivity index (χ2n) is 4.28. The van der Waals surface area contributed by atoms with Crippen molar-refractivity contribution in [1.82, 2.24) is 9.55 Å². The lowest BCUT2D eigenvalue weighted by Crippen LogP contribution is -2.14. The maximum absolute atomic E-state index is 5.03. The number of anilines is 1. The lowest BCUT2D eigenvalue weighted by molar-refractivity contribution is 0.197. The number of rotatable bonds is 9. The van der Waals surface area contributed by atoms with Gasteiger partial charge < -0.3 is 14.6 Å². The van der Waals surface area contributed by atoms with Gasteiger partial charge in [-0.15, -0.1) is 0 Å². The third-order valence-corrected chi connectivity index (χ3v) is 2.96. The molecule has 0 amide bonds. The molecule has 0 saturated heterocycles. The van der Waals surface area contributed by atoms with Crippen LogP contribution >= 0.6 is 0 Å². The van der Waals surface area contributed by atoms with Crippen LogP contribution in [-0.4, -0.2) is 29.8 Å². The number of aromatic nitrogens is 2. The summed E-state index contributed by atoms with van der Waals surface area (Å²) in [6.07, 6.45) is 8.52. The molecule has 0 aliphatic heterocycles. The molecule has 0 saturated carbocycles. The SMILES string of the molecule is CCCC(CC)n1ccnc1NCCCOC. The Hall–Kier alpha value is -1.03. The molecule has 1 atom stereocenters. The fraction of sp³-hybridized carbons (Fsp3) is 0.769. The molecular formula is C13H25N3O. The monoisotopic (exact) mass is 239 g/mol. The van der Waals surface area contributed by atoms with Crippen molar-refractivity contribution >= 4 is 5.95 Å². The summed E-state index contributed by atoms with van der Waals surface area (Å²) < 4.78 is 7.29. The molecule has 0 fully saturated rings. The van der Waals surface area contributed by atoms with E-state index in [1.54, 1.807) is 7.11 Å². The maximum Gasteiger partial charge on any atom is 0.203 e. The van der Waals surface area contributed by atoms with E-state index in [9.17, 15) is 0 Å². The number of ether oxygens (including phenoxy) is 1. The third-order valence-electron chi connectivity index (χ3n) is 2.96. The Labute approximate surface area is 104 Å². The first-order valence-electron chi connectivity index (χ1n) is 6.59. The van der Waals surface area contributed by atoms with E-state index in [4.69, 9.17) is 4.74 Å². The summed E-state index contributed by atoms with van der Waals surface area (Å²) in [5.74, 6) is 0.987. The highest BCUT2D eigenvalue weighted by molar-refractivity contribution is 5.26. The Morgan fingerprint density at radius 2 is 2.29 bits per heavy atom. The Morgan fingerprint density at radius 1 is 1.47 bits per heavy atom. The summed E-state index contributed by atoms with van der Waals surface area (Å²) >= 11 is 0. The van der Waals surface area contributed by atoms with Crippen molar-refractivity contribution in [3.63, 3.8) is 0 Å². The summed E-state index contributed by atoms with van der Waals surface area (Å²) in [6, 6.07) is 0.562. The quantitative estimate of drug-likeness (QED) is 0.673. The van der Waals surface area contributed by atoms with Crippen LogP contribution in [0, 0.1) is 0 Å². The second kappa shape index (κ2) is 8.12. The largest absolute Gasteiger partial charge is 0.385 e. The zero-order chi connectivity index (χ0) is 12.5. The van der Waals surface area contributed by atoms with Crippen molar-refractivity contribution in [1.29, 1.82) is 0 Å². The van der Waals surface area contributed by atoms with Crippen LogP contribution < -0.4 is 5.32 Å². The number of nitrogens with one attached hydrogen (secondary N) is 1. The number of nitrogens with zero attached hydrogens (tertiary/aromatic N) is 2. The van der Waals surface area contributed by atoms with Gasteiger partial charge in [-0.3, -0.25) is 0 Å². The van der Waals surface area contributed by atoms with Crippen LogP contribution in [0.15, 0.2) is 12.4 Å². The minimum Gasteiger partial charge on any atom is -0.385 e. The highest BCUT2D eigenvalue weighted by atomic mass is 16.5. The minimum atomic E-state index is 0.562. The van der Waals surface area contributed by atoms with E-state index in [0.717, 1.165) is 31.9 Å². The molecule has 0 radical (unpaired) electrons. The summed E-state index contributed by atoms with van der Waals surface area (Å²) in [4.78, 5) is 4.38. The van der Waals surface area contributed by atoms with Crippen molar-refractivity contribution in [2.75, 3.05) is 25.6 Å². The predicted octanol–water partition coefficient (Wildman–Crippen LogP) is 3.08. The van der Waals surface area contributed by atoms with Gasteiger partial charge in [0, 0.05) is 38.7 Å². The number of methoxy groups -OCH3 is 1. The van der Waals surface area contributed by atoms with Crippen LogP contribution in [0.4, 0.5) is 5.95 Å². The normalized spacial score (nSPS) is 12.6. The molecule has 98 valence electrons. The standard InChI is InChI=1S/C13H25N3O/c1-4-7-12(5-2)16-10-9-15-13(16)14-8-6-11-17-3/h9-10,12H,4-8,11H2,1-3H3,(H,14,15). The molecule has 4 nitrogen and oxygen atoms in total. The van der Waals surface area contributed by atoms with Crippen LogP contribution in [0.1, 0.15) is 45.6 Å². The summed E-state index contributed by atoms with van der Waals surface area (Å²) in [5, 5.41) is 3.37. The van der Waals surface area contributed by atoms with Crippen LogP contribution in [-0.2, 0) is 4.74 Å². The Kier molecular flexibility index (Phi) is 6.70. The van der Waals surface area contributed by atoms with E-state index in [2.05, 4.69) is 34.9 Å². The number of imidazole rings is 1. The van der Waals surface area contributed by atoms with Crippen LogP contribution in [0.2, 0.25) is 0 Å². The van der Waals surface area contributed by atoms with Gasteiger partial charge in [0.2, 0.25) is 5.95 Å². The van der Waals surface area contributed by atoms with Crippen LogP contribution in [0.25, 0.3) is 0 Å². The molecular weight excluding hydrogens is 214 g/mol. The Balaban J connectivity index is 2.51. The summed E-state index contributed by atoms with van der Waals surface area (Å²) in [7, 11) is 1.73. The average Bonchev–Trinajstić information content (AvgIpc) is 2.80. The van der Waals surface area contributed by atoms with E-state index in [0.29, 0.717) is 6.04 Å². The van der Waals surface area contributed by atoms with Gasteiger partial charge in [0.15, 0.2) is 0 Å². The van der Waals surface area contributed by atoms with Gasteiger partial charge in [-0.25, -0.2) is 4.98 Å². The zero-order valence-corrected chi connectivity index (χ0v) is 11.3. The van der Waals surface area contributed by atoms with Gasteiger partial charge in [0.1, 0.15) is 0 Å². The lowest BCUT2D eigenvalue weighted by atomic mass is 10.1. The van der Waals surface area contributed by atoms with Crippen molar-refractivity contribution in [2.24, 2.45) is 0 Å². The number of hydrogen-bond acceptors (Lipinski definition) is 3. The van der Waals surface area contributed by atoms with Gasteiger partial charge in [0.25, 0.3) is 0 Å². The third kappa shape index (κ3) is 4.38. The van der Waals surface area contributed by atoms with E-state index in [-0.39, 0.29) is 0 Å². The van der Waals surface area contributed by atoms with Gasteiger partial charge in [-0.05, 0) is 19.3 Å². The minimum absolute atomic E-state index is 0.562. The topological polar surface area (TPSA) is 39.1 Å². The second-order valence-corrected chi connectivity index (χ2v) is 4.28. The predicted molar refractivity (Wildman–Crippen MR) is 71.4 cm³/mol. The van der Waals surface area contributed by atoms with Crippen molar-refractivity contribution in [2.45, 2.75) is 45.6 Å². The molecule has 0 bridgehead atoms. The van der Waals surface area contributed by atoms with Gasteiger partial charge >= 0.3 is 0 Å². The molecule has 4 heteroatoms. The van der Waals surface area contributed by atoms with E-state index in [1.165, 1.54) is 12.8 Å². The van der Waals surface area contributed by atoms with Gasteiger partial charge in [-0.1, -0.05) is 20.3 Å². The van der Waals surface area contributed by atoms with E-state index < -0.39 is 0 Å². The molecule has 0 aliphatic rings. The molecule has 1 unspecified atom stereocenters. The first kappa shape index (κ1) is 14.0. The fourth-order valence-electron chi connectivity index (χ4n) is 2.03. The smallest absolute Gasteiger partial charge is 0.203 e. The molecule has 1 rings (SSSR count). The molecule has 1 aromatic heterocycles. The van der Waals surface area contributed by atoms with Crippen molar-refractivity contribution in [3.05, 3.63) is 12.4 Å². The van der Waals surface area contributed by atoms with Crippen LogP contribution in [0.5, 0.6) is 0 Å². The summed E-state index contributed by atoms with van der Waals surface area (Å²) in [5.41, 5.74) is 0. The maximum atomic E-state index is 5.03. The molecule has 1 heterocycles. The molecule has 1 N–H and O–H groups in total. The van der Waals surface area contributed by atoms with Gasteiger partial charge in [0.05, 0.1) is 0 Å². The lowest BCUT2D eigenvalue weighted by Gasteiger charge is -2.19. The van der Waals surface area contributed by atoms with Gasteiger partial charge in [-0.2, -0.15) is 0 Å². The molecule has 0 spiro atoms. The summed E-state index contributed by atoms with van der Waals surface area (Å²) in [6.45, 7) is 6.16. The van der Waals surface area contributed by atoms with Crippen molar-refractivity contribution < 1.29 is 4.74 Å². The fourth-order valence-corrected chi connectivity index (χ4v) is 2.03. The molecule has 0 aliphatic carbocycles. The highest BCUT2D eigenvalue weighted by Gasteiger charge is 2.11. The average molecular weight is 239 g/mol. The Morgan fingerprint density at radius 3 is 2.94 bits per heavy atom. The van der Waals surface area contributed by atoms with Crippen molar-refractivity contribution in [3.8, 4) is 0 Å². The zero-order valence-electron chi connectivity index (χ0n) is 11.3. The van der Waals surface area contributed by atoms with E-state index >= 15 is 0 Å². The Bertz CT molecular complexity index is 299. The molecule has 17 heavy (non-hydrogen) atoms. The first-order chi connectivity index (χ1) is 8.33.